The minimum atomic E-state index is 0. The number of fused-ring (bicyclic) bond motifs is 1. The second kappa shape index (κ2) is 9.54. The summed E-state index contributed by atoms with van der Waals surface area (Å²) in [6, 6.07) is 4.19. The molecule has 1 atom stereocenters. The Morgan fingerprint density at radius 1 is 1.28 bits per heavy atom. The van der Waals surface area contributed by atoms with Crippen molar-refractivity contribution in [2.75, 3.05) is 26.2 Å². The number of halogens is 2. The number of ether oxygens (including phenoxy) is 1. The topological polar surface area (TPSA) is 60.1 Å². The molecule has 4 rings (SSSR count). The van der Waals surface area contributed by atoms with Crippen molar-refractivity contribution in [3.63, 3.8) is 0 Å². The molecular weight excluding hydrogens is 363 g/mol. The van der Waals surface area contributed by atoms with Gasteiger partial charge < -0.3 is 10.1 Å². The lowest BCUT2D eigenvalue weighted by Gasteiger charge is -2.22. The highest BCUT2D eigenvalue weighted by Gasteiger charge is 2.21. The maximum absolute atomic E-state index is 5.99. The summed E-state index contributed by atoms with van der Waals surface area (Å²) in [5.74, 6) is 0. The van der Waals surface area contributed by atoms with Crippen LogP contribution in [-0.4, -0.2) is 56.8 Å². The van der Waals surface area contributed by atoms with Gasteiger partial charge in [0.25, 0.3) is 0 Å². The Balaban J connectivity index is 0.00000113. The second-order valence-electron chi connectivity index (χ2n) is 6.34. The molecule has 0 aliphatic carbocycles. The van der Waals surface area contributed by atoms with Gasteiger partial charge in [-0.25, -0.2) is 0 Å². The highest BCUT2D eigenvalue weighted by atomic mass is 35.5. The van der Waals surface area contributed by atoms with Crippen molar-refractivity contribution < 1.29 is 4.74 Å². The van der Waals surface area contributed by atoms with Gasteiger partial charge in [-0.2, -0.15) is 10.2 Å². The predicted octanol–water partition coefficient (Wildman–Crippen LogP) is 1.32. The number of nitrogens with zero attached hydrogens (tertiary/aromatic N) is 5. The largest absolute Gasteiger partial charge is 0.375 e. The number of nitrogens with one attached hydrogen (secondary N) is 1. The SMILES string of the molecule is Cl.Cl.c1cnn(CC2CN(Cc3cc4n(n3)CCNC4)CCCO2)c1. The number of hydrogen-bond acceptors (Lipinski definition) is 5. The Bertz CT molecular complexity index is 609. The van der Waals surface area contributed by atoms with Gasteiger partial charge in [0.05, 0.1) is 30.6 Å². The first-order valence-corrected chi connectivity index (χ1v) is 8.44. The molecule has 0 saturated carbocycles. The van der Waals surface area contributed by atoms with Gasteiger partial charge in [0.1, 0.15) is 0 Å². The van der Waals surface area contributed by atoms with Crippen molar-refractivity contribution >= 4 is 24.8 Å². The first-order chi connectivity index (χ1) is 11.4. The molecule has 2 aliphatic heterocycles. The van der Waals surface area contributed by atoms with E-state index in [0.717, 1.165) is 58.8 Å². The van der Waals surface area contributed by atoms with Crippen LogP contribution < -0.4 is 5.32 Å². The zero-order valence-electron chi connectivity index (χ0n) is 14.2. The van der Waals surface area contributed by atoms with Crippen LogP contribution in [0, 0.1) is 0 Å². The highest BCUT2D eigenvalue weighted by molar-refractivity contribution is 5.85. The maximum atomic E-state index is 5.99. The molecule has 0 amide bonds. The highest BCUT2D eigenvalue weighted by Crippen LogP contribution is 2.14. The Labute approximate surface area is 160 Å². The van der Waals surface area contributed by atoms with Gasteiger partial charge in [-0.05, 0) is 18.6 Å². The van der Waals surface area contributed by atoms with Crippen LogP contribution in [0.4, 0.5) is 0 Å². The quantitative estimate of drug-likeness (QED) is 0.855. The monoisotopic (exact) mass is 388 g/mol. The molecule has 4 heterocycles. The van der Waals surface area contributed by atoms with E-state index in [-0.39, 0.29) is 30.9 Å². The van der Waals surface area contributed by atoms with Crippen LogP contribution in [0.2, 0.25) is 0 Å². The van der Waals surface area contributed by atoms with Crippen molar-refractivity contribution in [1.29, 1.82) is 0 Å². The summed E-state index contributed by atoms with van der Waals surface area (Å²) in [6.07, 6.45) is 5.08. The molecule has 1 saturated heterocycles. The maximum Gasteiger partial charge on any atom is 0.0897 e. The van der Waals surface area contributed by atoms with Crippen molar-refractivity contribution in [3.05, 3.63) is 35.9 Å². The van der Waals surface area contributed by atoms with E-state index >= 15 is 0 Å². The summed E-state index contributed by atoms with van der Waals surface area (Å²) in [4.78, 5) is 2.46. The van der Waals surface area contributed by atoms with Crippen molar-refractivity contribution in [2.24, 2.45) is 0 Å². The molecule has 2 aromatic rings. The van der Waals surface area contributed by atoms with E-state index in [2.05, 4.69) is 26.1 Å². The molecule has 2 aromatic heterocycles. The van der Waals surface area contributed by atoms with Gasteiger partial charge in [0.15, 0.2) is 0 Å². The van der Waals surface area contributed by atoms with Crippen LogP contribution in [0.15, 0.2) is 24.5 Å². The molecule has 1 unspecified atom stereocenters. The minimum absolute atomic E-state index is 0. The van der Waals surface area contributed by atoms with Crippen LogP contribution >= 0.6 is 24.8 Å². The number of rotatable bonds is 4. The predicted molar refractivity (Wildman–Crippen MR) is 100 cm³/mol. The lowest BCUT2D eigenvalue weighted by Crippen LogP contribution is -2.34. The summed E-state index contributed by atoms with van der Waals surface area (Å²) in [6.45, 7) is 7.45. The van der Waals surface area contributed by atoms with E-state index < -0.39 is 0 Å². The van der Waals surface area contributed by atoms with Crippen LogP contribution in [0.5, 0.6) is 0 Å². The molecular formula is C16H26Cl2N6O. The Kier molecular flexibility index (Phi) is 7.71. The van der Waals surface area contributed by atoms with Gasteiger partial charge in [0.2, 0.25) is 0 Å². The van der Waals surface area contributed by atoms with Gasteiger partial charge in [-0.15, -0.1) is 24.8 Å². The normalized spacial score (nSPS) is 20.9. The third-order valence-corrected chi connectivity index (χ3v) is 4.49. The summed E-state index contributed by atoms with van der Waals surface area (Å²) < 4.78 is 10.1. The Hall–Kier alpha value is -1.12. The minimum Gasteiger partial charge on any atom is -0.375 e. The number of hydrogen-bond donors (Lipinski definition) is 1. The fraction of sp³-hybridized carbons (Fsp3) is 0.625. The fourth-order valence-electron chi connectivity index (χ4n) is 3.40. The van der Waals surface area contributed by atoms with Gasteiger partial charge in [-0.1, -0.05) is 0 Å². The zero-order valence-corrected chi connectivity index (χ0v) is 15.8. The molecule has 140 valence electrons. The van der Waals surface area contributed by atoms with Crippen LogP contribution in [0.25, 0.3) is 0 Å². The third kappa shape index (κ3) is 5.18. The standard InChI is InChI=1S/C16H24N6O.2ClH/c1-3-18-21(6-1)13-16-12-20(5-2-8-23-16)11-14-9-15-10-17-4-7-22(15)19-14;;/h1,3,6,9,16-17H,2,4-5,7-8,10-13H2;2*1H. The van der Waals surface area contributed by atoms with Crippen LogP contribution in [0.1, 0.15) is 17.8 Å². The fourth-order valence-corrected chi connectivity index (χ4v) is 3.40. The van der Waals surface area contributed by atoms with E-state index in [1.54, 1.807) is 0 Å². The molecule has 0 radical (unpaired) electrons. The molecule has 2 aliphatic rings. The van der Waals surface area contributed by atoms with Gasteiger partial charge in [0, 0.05) is 51.7 Å². The summed E-state index contributed by atoms with van der Waals surface area (Å²) >= 11 is 0. The van der Waals surface area contributed by atoms with E-state index in [4.69, 9.17) is 9.84 Å². The molecule has 9 heteroatoms. The lowest BCUT2D eigenvalue weighted by atomic mass is 10.2. The molecule has 0 aromatic carbocycles. The molecule has 25 heavy (non-hydrogen) atoms. The van der Waals surface area contributed by atoms with Crippen LogP contribution in [0.3, 0.4) is 0 Å². The lowest BCUT2D eigenvalue weighted by molar-refractivity contribution is 0.0389. The van der Waals surface area contributed by atoms with Crippen LogP contribution in [-0.2, 0) is 30.9 Å². The summed E-state index contributed by atoms with van der Waals surface area (Å²) in [5, 5.41) is 12.4. The number of aromatic nitrogens is 4. The van der Waals surface area contributed by atoms with Crippen molar-refractivity contribution in [1.82, 2.24) is 29.8 Å². The Morgan fingerprint density at radius 2 is 2.20 bits per heavy atom. The smallest absolute Gasteiger partial charge is 0.0897 e. The summed E-state index contributed by atoms with van der Waals surface area (Å²) in [7, 11) is 0. The molecule has 0 bridgehead atoms. The van der Waals surface area contributed by atoms with E-state index in [1.807, 2.05) is 23.1 Å². The average molecular weight is 389 g/mol. The Morgan fingerprint density at radius 3 is 3.00 bits per heavy atom. The van der Waals surface area contributed by atoms with Crippen molar-refractivity contribution in [2.45, 2.75) is 38.7 Å². The first kappa shape index (κ1) is 20.2. The van der Waals surface area contributed by atoms with Crippen molar-refractivity contribution in [3.8, 4) is 0 Å². The molecule has 1 fully saturated rings. The van der Waals surface area contributed by atoms with E-state index in [0.29, 0.717) is 0 Å². The zero-order chi connectivity index (χ0) is 15.5. The third-order valence-electron chi connectivity index (χ3n) is 4.49. The van der Waals surface area contributed by atoms with Gasteiger partial charge >= 0.3 is 0 Å². The van der Waals surface area contributed by atoms with Gasteiger partial charge in [-0.3, -0.25) is 14.3 Å². The molecule has 7 nitrogen and oxygen atoms in total. The first-order valence-electron chi connectivity index (χ1n) is 8.44. The average Bonchev–Trinajstić information content (AvgIpc) is 3.14. The van der Waals surface area contributed by atoms with E-state index in [1.165, 1.54) is 11.4 Å². The molecule has 1 N–H and O–H groups in total. The molecule has 0 spiro atoms. The second-order valence-corrected chi connectivity index (χ2v) is 6.34. The van der Waals surface area contributed by atoms with E-state index in [9.17, 15) is 0 Å². The summed E-state index contributed by atoms with van der Waals surface area (Å²) in [5.41, 5.74) is 2.47.